The lowest BCUT2D eigenvalue weighted by Gasteiger charge is -2.36. The molecule has 1 heterocycles. The molecule has 0 spiro atoms. The van der Waals surface area contributed by atoms with E-state index in [2.05, 4.69) is 79.0 Å². The third kappa shape index (κ3) is 7.62. The van der Waals surface area contributed by atoms with Crippen molar-refractivity contribution in [2.75, 3.05) is 13.2 Å². The molecule has 4 nitrogen and oxygen atoms in total. The Morgan fingerprint density at radius 2 is 1.78 bits per heavy atom. The Labute approximate surface area is 198 Å². The molecule has 1 aromatic rings. The van der Waals surface area contributed by atoms with Crippen molar-refractivity contribution in [3.63, 3.8) is 0 Å². The van der Waals surface area contributed by atoms with Crippen LogP contribution in [0.1, 0.15) is 66.0 Å². The van der Waals surface area contributed by atoms with Gasteiger partial charge in [0, 0.05) is 18.0 Å². The molecule has 0 aliphatic carbocycles. The lowest BCUT2D eigenvalue weighted by molar-refractivity contribution is -0.134. The summed E-state index contributed by atoms with van der Waals surface area (Å²) in [7, 11) is -1.82. The Morgan fingerprint density at radius 3 is 2.34 bits per heavy atom. The molecule has 0 N–H and O–H groups in total. The van der Waals surface area contributed by atoms with Crippen LogP contribution in [0, 0.1) is 24.7 Å². The van der Waals surface area contributed by atoms with E-state index in [-0.39, 0.29) is 24.0 Å². The van der Waals surface area contributed by atoms with E-state index in [1.807, 2.05) is 6.07 Å². The zero-order chi connectivity index (χ0) is 24.1. The van der Waals surface area contributed by atoms with Crippen LogP contribution in [-0.4, -0.2) is 44.4 Å². The molecule has 0 bridgehead atoms. The van der Waals surface area contributed by atoms with E-state index in [9.17, 15) is 4.79 Å². The normalized spacial score (nSPS) is 21.1. The van der Waals surface area contributed by atoms with Gasteiger partial charge < -0.3 is 14.1 Å². The van der Waals surface area contributed by atoms with Gasteiger partial charge in [0.2, 0.25) is 5.91 Å². The summed E-state index contributed by atoms with van der Waals surface area (Å²) in [5, 5.41) is 0. The molecule has 0 fully saturated rings. The van der Waals surface area contributed by atoms with Gasteiger partial charge in [0.1, 0.15) is 11.9 Å². The molecular formula is C27H47NO3Si. The number of carbonyl (C=O) groups is 1. The Hall–Kier alpha value is -1.33. The molecule has 0 saturated carbocycles. The maximum atomic E-state index is 13.5. The van der Waals surface area contributed by atoms with E-state index < -0.39 is 8.32 Å². The van der Waals surface area contributed by atoms with E-state index in [0.29, 0.717) is 31.4 Å². The molecule has 3 unspecified atom stereocenters. The number of nitrogens with zero attached hydrogens (tertiary/aromatic N) is 1. The third-order valence-electron chi connectivity index (χ3n) is 6.56. The molecule has 0 radical (unpaired) electrons. The largest absolute Gasteiger partial charge is 0.490 e. The molecule has 1 aliphatic rings. The van der Waals surface area contributed by atoms with Gasteiger partial charge in [-0.15, -0.1) is 0 Å². The molecule has 32 heavy (non-hydrogen) atoms. The fourth-order valence-corrected chi connectivity index (χ4v) is 9.79. The zero-order valence-corrected chi connectivity index (χ0v) is 23.0. The number of hydrogen-bond donors (Lipinski definition) is 0. The Bertz CT molecular complexity index is 738. The number of ether oxygens (including phenoxy) is 1. The Kier molecular flexibility index (Phi) is 9.83. The number of hydrogen-bond acceptors (Lipinski definition) is 3. The second kappa shape index (κ2) is 11.7. The van der Waals surface area contributed by atoms with Crippen molar-refractivity contribution < 1.29 is 14.0 Å². The van der Waals surface area contributed by atoms with E-state index in [0.717, 1.165) is 23.3 Å². The van der Waals surface area contributed by atoms with Crippen molar-refractivity contribution in [1.29, 1.82) is 0 Å². The van der Waals surface area contributed by atoms with Gasteiger partial charge in [-0.25, -0.2) is 0 Å². The van der Waals surface area contributed by atoms with Gasteiger partial charge in [0.05, 0.1) is 19.1 Å². The summed E-state index contributed by atoms with van der Waals surface area (Å²) in [6.45, 7) is 21.5. The van der Waals surface area contributed by atoms with E-state index in [1.165, 1.54) is 12.1 Å². The predicted octanol–water partition coefficient (Wildman–Crippen LogP) is 6.47. The SMILES string of the molecule is CCC1Oc2ccc(C)cc2CC(=O)N(C(C)CO[Si](C)(CC(C)C)CC(C)C)CC1C. The highest BCUT2D eigenvalue weighted by Crippen LogP contribution is 2.30. The number of benzene rings is 1. The number of aryl methyl sites for hydroxylation is 1. The van der Waals surface area contributed by atoms with E-state index in [4.69, 9.17) is 9.16 Å². The topological polar surface area (TPSA) is 38.8 Å². The highest BCUT2D eigenvalue weighted by atomic mass is 28.4. The highest BCUT2D eigenvalue weighted by molar-refractivity contribution is 6.72. The Morgan fingerprint density at radius 1 is 1.16 bits per heavy atom. The molecule has 2 rings (SSSR count). The molecule has 1 amide bonds. The van der Waals surface area contributed by atoms with Crippen molar-refractivity contribution in [3.05, 3.63) is 29.3 Å². The number of amides is 1. The summed E-state index contributed by atoms with van der Waals surface area (Å²) < 4.78 is 13.1. The van der Waals surface area contributed by atoms with Crippen LogP contribution in [0.2, 0.25) is 18.6 Å². The molecule has 0 aromatic heterocycles. The van der Waals surface area contributed by atoms with Crippen LogP contribution in [0.25, 0.3) is 0 Å². The van der Waals surface area contributed by atoms with Gasteiger partial charge in [0.15, 0.2) is 8.32 Å². The first-order chi connectivity index (χ1) is 14.9. The van der Waals surface area contributed by atoms with Crippen molar-refractivity contribution in [3.8, 4) is 5.75 Å². The van der Waals surface area contributed by atoms with E-state index >= 15 is 0 Å². The fourth-order valence-electron chi connectivity index (χ4n) is 5.29. The lowest BCUT2D eigenvalue weighted by atomic mass is 10.0. The summed E-state index contributed by atoms with van der Waals surface area (Å²) in [6.07, 6.45) is 1.41. The predicted molar refractivity (Wildman–Crippen MR) is 137 cm³/mol. The summed E-state index contributed by atoms with van der Waals surface area (Å²) in [4.78, 5) is 15.5. The molecule has 1 aromatic carbocycles. The zero-order valence-electron chi connectivity index (χ0n) is 22.0. The molecule has 5 heteroatoms. The van der Waals surface area contributed by atoms with Crippen LogP contribution in [0.3, 0.4) is 0 Å². The van der Waals surface area contributed by atoms with Crippen LogP contribution in [-0.2, 0) is 15.6 Å². The maximum absolute atomic E-state index is 13.5. The molecule has 1 aliphatic heterocycles. The van der Waals surface area contributed by atoms with Crippen molar-refractivity contribution in [1.82, 2.24) is 4.90 Å². The third-order valence-corrected chi connectivity index (χ3v) is 10.8. The first-order valence-corrected chi connectivity index (χ1v) is 15.5. The van der Waals surface area contributed by atoms with Gasteiger partial charge >= 0.3 is 0 Å². The Balaban J connectivity index is 2.23. The minimum Gasteiger partial charge on any atom is -0.490 e. The van der Waals surface area contributed by atoms with Gasteiger partial charge in [-0.05, 0) is 56.8 Å². The first-order valence-electron chi connectivity index (χ1n) is 12.6. The maximum Gasteiger partial charge on any atom is 0.227 e. The van der Waals surface area contributed by atoms with Crippen LogP contribution < -0.4 is 4.74 Å². The van der Waals surface area contributed by atoms with E-state index in [1.54, 1.807) is 0 Å². The second-order valence-corrected chi connectivity index (χ2v) is 15.2. The molecule has 182 valence electrons. The lowest BCUT2D eigenvalue weighted by Crippen LogP contribution is -2.48. The van der Waals surface area contributed by atoms with Gasteiger partial charge in [-0.3, -0.25) is 4.79 Å². The summed E-state index contributed by atoms with van der Waals surface area (Å²) in [5.41, 5.74) is 2.16. The van der Waals surface area contributed by atoms with Crippen molar-refractivity contribution >= 4 is 14.2 Å². The second-order valence-electron chi connectivity index (χ2n) is 11.2. The quantitative estimate of drug-likeness (QED) is 0.396. The standard InChI is InChI=1S/C27H47NO3Si/c1-10-25-22(7)15-28(27(29)14-24-13-21(6)11-12-26(24)31-25)23(8)16-30-32(9,17-19(2)3)18-20(4)5/h11-13,19-20,22-23,25H,10,14-18H2,1-9H3. The average Bonchev–Trinajstić information content (AvgIpc) is 2.72. The summed E-state index contributed by atoms with van der Waals surface area (Å²) in [5.74, 6) is 2.57. The first kappa shape index (κ1) is 26.9. The highest BCUT2D eigenvalue weighted by Gasteiger charge is 2.34. The smallest absolute Gasteiger partial charge is 0.227 e. The number of fused-ring (bicyclic) bond motifs is 1. The van der Waals surface area contributed by atoms with Crippen molar-refractivity contribution in [2.24, 2.45) is 17.8 Å². The fraction of sp³-hybridized carbons (Fsp3) is 0.741. The average molecular weight is 462 g/mol. The van der Waals surface area contributed by atoms with Crippen LogP contribution in [0.4, 0.5) is 0 Å². The van der Waals surface area contributed by atoms with Crippen LogP contribution in [0.5, 0.6) is 5.75 Å². The minimum atomic E-state index is -1.82. The number of carbonyl (C=O) groups excluding carboxylic acids is 1. The van der Waals surface area contributed by atoms with Gasteiger partial charge in [-0.1, -0.05) is 59.2 Å². The van der Waals surface area contributed by atoms with Gasteiger partial charge in [-0.2, -0.15) is 0 Å². The van der Waals surface area contributed by atoms with Crippen LogP contribution in [0.15, 0.2) is 18.2 Å². The van der Waals surface area contributed by atoms with Gasteiger partial charge in [0.25, 0.3) is 0 Å². The number of rotatable bonds is 9. The molecule has 0 saturated heterocycles. The summed E-state index contributed by atoms with van der Waals surface area (Å²) in [6, 6.07) is 8.60. The summed E-state index contributed by atoms with van der Waals surface area (Å²) >= 11 is 0. The molecule has 3 atom stereocenters. The minimum absolute atomic E-state index is 0.0555. The van der Waals surface area contributed by atoms with Crippen LogP contribution >= 0.6 is 0 Å². The monoisotopic (exact) mass is 461 g/mol. The van der Waals surface area contributed by atoms with Crippen molar-refractivity contribution in [2.45, 2.75) is 99.0 Å². The molecular weight excluding hydrogens is 414 g/mol.